The van der Waals surface area contributed by atoms with Crippen LogP contribution in [0.25, 0.3) is 5.76 Å². The number of hydrogen-bond acceptors (Lipinski definition) is 9. The second-order valence-electron chi connectivity index (χ2n) is 10.8. The van der Waals surface area contributed by atoms with Crippen molar-refractivity contribution in [3.63, 3.8) is 0 Å². The maximum atomic E-state index is 13.7. The Morgan fingerprint density at radius 2 is 1.75 bits per heavy atom. The number of aryl methyl sites for hydroxylation is 1. The summed E-state index contributed by atoms with van der Waals surface area (Å²) in [7, 11) is 0. The van der Waals surface area contributed by atoms with Crippen LogP contribution in [0.5, 0.6) is 11.5 Å². The van der Waals surface area contributed by atoms with Gasteiger partial charge in [0.25, 0.3) is 5.78 Å². The van der Waals surface area contributed by atoms with E-state index in [9.17, 15) is 14.7 Å². The molecule has 5 rings (SSSR count). The molecule has 0 saturated carbocycles. The quantitative estimate of drug-likeness (QED) is 0.0562. The zero-order chi connectivity index (χ0) is 31.2. The standard InChI is InChI=1S/C34H35N3O5S2/c1-5-41-27-19-25(15-16-26(27)42-18-17-21(2)3)29-28(30(38)24-13-11-22(4)12-14-24)31(39)32(40)37(29)33-35-36-34(44-33)43-20-23-9-7-6-8-10-23/h6-16,19,21,29,38H,5,17-18,20H2,1-4H3. The fraction of sp³-hybridized carbons (Fsp3) is 0.294. The van der Waals surface area contributed by atoms with Crippen molar-refractivity contribution in [2.24, 2.45) is 5.92 Å². The molecule has 8 nitrogen and oxygen atoms in total. The number of ether oxygens (including phenoxy) is 2. The van der Waals surface area contributed by atoms with E-state index in [2.05, 4.69) is 24.0 Å². The number of hydrogen-bond donors (Lipinski definition) is 1. The average molecular weight is 630 g/mol. The van der Waals surface area contributed by atoms with Crippen LogP contribution in [-0.2, 0) is 15.3 Å². The molecule has 0 spiro atoms. The first-order valence-corrected chi connectivity index (χ1v) is 16.3. The summed E-state index contributed by atoms with van der Waals surface area (Å²) in [5, 5.41) is 20.4. The third-order valence-corrected chi connectivity index (χ3v) is 9.24. The monoisotopic (exact) mass is 629 g/mol. The van der Waals surface area contributed by atoms with Gasteiger partial charge in [0.15, 0.2) is 15.8 Å². The molecule has 44 heavy (non-hydrogen) atoms. The first-order valence-electron chi connectivity index (χ1n) is 14.5. The number of amides is 1. The van der Waals surface area contributed by atoms with Gasteiger partial charge >= 0.3 is 5.91 Å². The number of benzene rings is 3. The summed E-state index contributed by atoms with van der Waals surface area (Å²) in [5.41, 5.74) is 3.12. The number of nitrogens with zero attached hydrogens (tertiary/aromatic N) is 3. The first kappa shape index (κ1) is 31.3. The highest BCUT2D eigenvalue weighted by Gasteiger charge is 2.48. The summed E-state index contributed by atoms with van der Waals surface area (Å²) in [4.78, 5) is 28.6. The van der Waals surface area contributed by atoms with Gasteiger partial charge in [-0.1, -0.05) is 103 Å². The highest BCUT2D eigenvalue weighted by atomic mass is 32.2. The molecular formula is C34H35N3O5S2. The molecule has 0 bridgehead atoms. The highest BCUT2D eigenvalue weighted by Crippen LogP contribution is 2.45. The summed E-state index contributed by atoms with van der Waals surface area (Å²) in [6, 6.07) is 21.5. The van der Waals surface area contributed by atoms with Crippen molar-refractivity contribution >= 4 is 45.7 Å². The Bertz CT molecular complexity index is 1650. The van der Waals surface area contributed by atoms with Crippen molar-refractivity contribution in [3.05, 3.63) is 101 Å². The van der Waals surface area contributed by atoms with E-state index < -0.39 is 17.7 Å². The molecule has 0 aliphatic carbocycles. The van der Waals surface area contributed by atoms with Crippen molar-refractivity contribution in [3.8, 4) is 11.5 Å². The normalized spacial score (nSPS) is 16.1. The minimum atomic E-state index is -0.958. The van der Waals surface area contributed by atoms with Gasteiger partial charge in [-0.2, -0.15) is 0 Å². The molecule has 10 heteroatoms. The van der Waals surface area contributed by atoms with Gasteiger partial charge in [-0.05, 0) is 49.4 Å². The van der Waals surface area contributed by atoms with Crippen molar-refractivity contribution < 1.29 is 24.2 Å². The molecule has 1 aromatic heterocycles. The van der Waals surface area contributed by atoms with Gasteiger partial charge in [0.1, 0.15) is 5.76 Å². The number of aliphatic hydroxyl groups excluding tert-OH is 1. The van der Waals surface area contributed by atoms with Crippen LogP contribution in [-0.4, -0.2) is 40.2 Å². The van der Waals surface area contributed by atoms with Crippen molar-refractivity contribution in [1.82, 2.24) is 10.2 Å². The summed E-state index contributed by atoms with van der Waals surface area (Å²) in [5.74, 6) is 0.393. The van der Waals surface area contributed by atoms with Crippen LogP contribution in [0.15, 0.2) is 82.7 Å². The van der Waals surface area contributed by atoms with Gasteiger partial charge in [0, 0.05) is 11.3 Å². The molecule has 3 aromatic carbocycles. The van der Waals surface area contributed by atoms with E-state index in [1.165, 1.54) is 28.0 Å². The molecular weight excluding hydrogens is 595 g/mol. The zero-order valence-electron chi connectivity index (χ0n) is 25.1. The molecule has 0 radical (unpaired) electrons. The number of aliphatic hydroxyl groups is 1. The van der Waals surface area contributed by atoms with Crippen LogP contribution >= 0.6 is 23.1 Å². The fourth-order valence-electron chi connectivity index (χ4n) is 4.78. The van der Waals surface area contributed by atoms with E-state index >= 15 is 0 Å². The molecule has 228 valence electrons. The lowest BCUT2D eigenvalue weighted by atomic mass is 9.95. The van der Waals surface area contributed by atoms with Crippen molar-refractivity contribution in [2.45, 2.75) is 50.3 Å². The lowest BCUT2D eigenvalue weighted by Gasteiger charge is -2.24. The Morgan fingerprint density at radius 1 is 1.00 bits per heavy atom. The maximum absolute atomic E-state index is 13.7. The number of rotatable bonds is 12. The van der Waals surface area contributed by atoms with Gasteiger partial charge < -0.3 is 14.6 Å². The van der Waals surface area contributed by atoms with Gasteiger partial charge in [-0.25, -0.2) is 0 Å². The molecule has 1 saturated heterocycles. The number of Topliss-reactive ketones (excluding diaryl/α,β-unsaturated/α-hetero) is 1. The molecule has 4 aromatic rings. The smallest absolute Gasteiger partial charge is 0.301 e. The molecule has 1 fully saturated rings. The Balaban J connectivity index is 1.56. The van der Waals surface area contributed by atoms with Gasteiger partial charge in [0.2, 0.25) is 5.13 Å². The summed E-state index contributed by atoms with van der Waals surface area (Å²) >= 11 is 2.73. The molecule has 1 unspecified atom stereocenters. The zero-order valence-corrected chi connectivity index (χ0v) is 26.8. The molecule has 1 atom stereocenters. The number of ketones is 1. The van der Waals surface area contributed by atoms with E-state index in [0.29, 0.717) is 51.9 Å². The number of aromatic nitrogens is 2. The van der Waals surface area contributed by atoms with Crippen molar-refractivity contribution in [1.29, 1.82) is 0 Å². The van der Waals surface area contributed by atoms with E-state index in [0.717, 1.165) is 17.5 Å². The van der Waals surface area contributed by atoms with Crippen LogP contribution in [0.2, 0.25) is 0 Å². The second-order valence-corrected chi connectivity index (χ2v) is 13.0. The summed E-state index contributed by atoms with van der Waals surface area (Å²) in [6.07, 6.45) is 0.881. The third-order valence-electron chi connectivity index (χ3n) is 7.11. The number of thioether (sulfide) groups is 1. The lowest BCUT2D eigenvalue weighted by Crippen LogP contribution is -2.29. The van der Waals surface area contributed by atoms with Crippen LogP contribution in [0, 0.1) is 12.8 Å². The van der Waals surface area contributed by atoms with E-state index in [1.807, 2.05) is 56.3 Å². The molecule has 1 aliphatic rings. The number of carbonyl (C=O) groups is 2. The molecule has 2 heterocycles. The minimum absolute atomic E-state index is 0.0246. The Labute approximate surface area is 265 Å². The molecule has 1 amide bonds. The van der Waals surface area contributed by atoms with Gasteiger partial charge in [0.05, 0.1) is 24.8 Å². The fourth-order valence-corrected chi connectivity index (χ4v) is 6.60. The van der Waals surface area contributed by atoms with Crippen molar-refractivity contribution in [2.75, 3.05) is 18.1 Å². The Morgan fingerprint density at radius 3 is 2.45 bits per heavy atom. The highest BCUT2D eigenvalue weighted by molar-refractivity contribution is 8.00. The third kappa shape index (κ3) is 6.97. The van der Waals surface area contributed by atoms with Crippen LogP contribution < -0.4 is 14.4 Å². The second kappa shape index (κ2) is 14.1. The largest absolute Gasteiger partial charge is 0.507 e. The van der Waals surface area contributed by atoms with Gasteiger partial charge in [-0.3, -0.25) is 14.5 Å². The molecule has 1 aliphatic heterocycles. The van der Waals surface area contributed by atoms with E-state index in [4.69, 9.17) is 9.47 Å². The topological polar surface area (TPSA) is 102 Å². The van der Waals surface area contributed by atoms with Gasteiger partial charge in [-0.15, -0.1) is 10.2 Å². The predicted molar refractivity (Wildman–Crippen MR) is 174 cm³/mol. The van der Waals surface area contributed by atoms with Crippen LogP contribution in [0.1, 0.15) is 55.5 Å². The van der Waals surface area contributed by atoms with E-state index in [-0.39, 0.29) is 16.5 Å². The molecule has 1 N–H and O–H groups in total. The average Bonchev–Trinajstić information content (AvgIpc) is 3.59. The van der Waals surface area contributed by atoms with Crippen LogP contribution in [0.4, 0.5) is 5.13 Å². The minimum Gasteiger partial charge on any atom is -0.507 e. The Hall–Kier alpha value is -4.15. The Kier molecular flexibility index (Phi) is 10.0. The number of anilines is 1. The first-order chi connectivity index (χ1) is 21.3. The van der Waals surface area contributed by atoms with Crippen LogP contribution in [0.3, 0.4) is 0 Å². The summed E-state index contributed by atoms with van der Waals surface area (Å²) in [6.45, 7) is 9.00. The number of carbonyl (C=O) groups excluding carboxylic acids is 2. The predicted octanol–water partition coefficient (Wildman–Crippen LogP) is 7.59. The van der Waals surface area contributed by atoms with E-state index in [1.54, 1.807) is 30.3 Å². The lowest BCUT2D eigenvalue weighted by molar-refractivity contribution is -0.132. The summed E-state index contributed by atoms with van der Waals surface area (Å²) < 4.78 is 12.6. The SMILES string of the molecule is CCOc1cc(C2C(=C(O)c3ccc(C)cc3)C(=O)C(=O)N2c2nnc(SCc3ccccc3)s2)ccc1OCCC(C)C. The maximum Gasteiger partial charge on any atom is 0.301 e.